The second-order valence-electron chi connectivity index (χ2n) is 4.89. The fourth-order valence-electron chi connectivity index (χ4n) is 2.15. The molecule has 2 amide bonds. The highest BCUT2D eigenvalue weighted by molar-refractivity contribution is 7.91. The maximum atomic E-state index is 12.0. The minimum atomic E-state index is -3.08. The molecule has 0 radical (unpaired) electrons. The molecule has 1 aromatic heterocycles. The van der Waals surface area contributed by atoms with Crippen LogP contribution in [0.1, 0.15) is 23.2 Å². The van der Waals surface area contributed by atoms with Gasteiger partial charge in [0.1, 0.15) is 5.76 Å². The Labute approximate surface area is 121 Å². The van der Waals surface area contributed by atoms with E-state index in [9.17, 15) is 18.0 Å². The molecule has 1 aromatic rings. The van der Waals surface area contributed by atoms with E-state index in [4.69, 9.17) is 9.52 Å². The molecule has 1 fully saturated rings. The summed E-state index contributed by atoms with van der Waals surface area (Å²) in [4.78, 5) is 24.1. The number of carbonyl (C=O) groups excluding carboxylic acids is 1. The van der Waals surface area contributed by atoms with Gasteiger partial charge in [0.25, 0.3) is 0 Å². The average molecular weight is 316 g/mol. The van der Waals surface area contributed by atoms with Gasteiger partial charge in [0.15, 0.2) is 9.84 Å². The van der Waals surface area contributed by atoms with Crippen molar-refractivity contribution in [2.75, 3.05) is 18.1 Å². The average Bonchev–Trinajstić information content (AvgIpc) is 2.83. The normalized spacial score (nSPS) is 21.0. The number of nitrogens with one attached hydrogen (secondary N) is 1. The maximum absolute atomic E-state index is 12.0. The number of furan rings is 1. The van der Waals surface area contributed by atoms with E-state index in [0.717, 1.165) is 0 Å². The molecular formula is C12H16N2O6S. The van der Waals surface area contributed by atoms with Gasteiger partial charge in [0.05, 0.1) is 18.1 Å². The lowest BCUT2D eigenvalue weighted by molar-refractivity contribution is 0.0660. The van der Waals surface area contributed by atoms with E-state index in [1.807, 2.05) is 0 Å². The minimum absolute atomic E-state index is 0.0437. The topological polar surface area (TPSA) is 117 Å². The van der Waals surface area contributed by atoms with Crippen LogP contribution in [0.15, 0.2) is 16.5 Å². The fraction of sp³-hybridized carbons (Fsp3) is 0.500. The molecule has 0 saturated carbocycles. The van der Waals surface area contributed by atoms with Crippen molar-refractivity contribution >= 4 is 21.8 Å². The first-order valence-corrected chi connectivity index (χ1v) is 8.17. The monoisotopic (exact) mass is 316 g/mol. The van der Waals surface area contributed by atoms with E-state index < -0.39 is 27.9 Å². The largest absolute Gasteiger partial charge is 0.475 e. The molecule has 0 aromatic carbocycles. The molecule has 1 saturated heterocycles. The van der Waals surface area contributed by atoms with Crippen LogP contribution in [-0.4, -0.2) is 54.5 Å². The maximum Gasteiger partial charge on any atom is 0.371 e. The van der Waals surface area contributed by atoms with E-state index >= 15 is 0 Å². The number of aromatic carboxylic acids is 1. The van der Waals surface area contributed by atoms with E-state index in [2.05, 4.69) is 5.32 Å². The summed E-state index contributed by atoms with van der Waals surface area (Å²) in [6, 6.07) is 1.98. The summed E-state index contributed by atoms with van der Waals surface area (Å²) in [5.74, 6) is -1.16. The molecule has 9 heteroatoms. The van der Waals surface area contributed by atoms with Gasteiger partial charge in [-0.2, -0.15) is 0 Å². The summed E-state index contributed by atoms with van der Waals surface area (Å²) in [7, 11) is -3.08. The number of hydrogen-bond acceptors (Lipinski definition) is 5. The quantitative estimate of drug-likeness (QED) is 0.828. The Bertz CT molecular complexity index is 650. The Kier molecular flexibility index (Phi) is 4.21. The number of amides is 2. The second kappa shape index (κ2) is 5.76. The number of carbonyl (C=O) groups is 2. The smallest absolute Gasteiger partial charge is 0.371 e. The molecular weight excluding hydrogens is 300 g/mol. The minimum Gasteiger partial charge on any atom is -0.475 e. The zero-order valence-corrected chi connectivity index (χ0v) is 12.2. The van der Waals surface area contributed by atoms with Crippen molar-refractivity contribution in [2.45, 2.75) is 19.5 Å². The molecule has 0 aliphatic carbocycles. The fourth-order valence-corrected chi connectivity index (χ4v) is 3.71. The molecule has 1 atom stereocenters. The number of carboxylic acid groups (broad SMARTS) is 1. The van der Waals surface area contributed by atoms with Gasteiger partial charge >= 0.3 is 12.0 Å². The molecule has 0 bridgehead atoms. The van der Waals surface area contributed by atoms with Crippen molar-refractivity contribution in [1.29, 1.82) is 0 Å². The van der Waals surface area contributed by atoms with Crippen LogP contribution >= 0.6 is 0 Å². The van der Waals surface area contributed by atoms with Gasteiger partial charge in [-0.05, 0) is 19.1 Å². The highest BCUT2D eigenvalue weighted by Gasteiger charge is 2.31. The van der Waals surface area contributed by atoms with Crippen molar-refractivity contribution in [3.8, 4) is 0 Å². The Morgan fingerprint density at radius 1 is 1.48 bits per heavy atom. The molecule has 2 heterocycles. The predicted octanol–water partition coefficient (Wildman–Crippen LogP) is 0.306. The first kappa shape index (κ1) is 15.4. The lowest BCUT2D eigenvalue weighted by Gasteiger charge is -2.33. The van der Waals surface area contributed by atoms with Crippen molar-refractivity contribution in [3.05, 3.63) is 23.7 Å². The van der Waals surface area contributed by atoms with Crippen LogP contribution in [0.5, 0.6) is 0 Å². The van der Waals surface area contributed by atoms with Gasteiger partial charge in [0.2, 0.25) is 5.76 Å². The standard InChI is InChI=1S/C12H16N2O6S/c1-8-7-21(18,19)5-4-14(8)12(17)13-6-9-2-3-10(20-9)11(15)16/h2-3,8H,4-7H2,1H3,(H,13,17)(H,15,16). The summed E-state index contributed by atoms with van der Waals surface area (Å²) in [6.07, 6.45) is 0. The lowest BCUT2D eigenvalue weighted by atomic mass is 10.3. The summed E-state index contributed by atoms with van der Waals surface area (Å²) in [6.45, 7) is 1.86. The number of rotatable bonds is 3. The molecule has 0 spiro atoms. The zero-order chi connectivity index (χ0) is 15.6. The highest BCUT2D eigenvalue weighted by atomic mass is 32.2. The van der Waals surface area contributed by atoms with Gasteiger partial charge in [-0.25, -0.2) is 18.0 Å². The first-order valence-electron chi connectivity index (χ1n) is 6.35. The van der Waals surface area contributed by atoms with Crippen molar-refractivity contribution in [2.24, 2.45) is 0 Å². The molecule has 1 aliphatic rings. The number of sulfone groups is 1. The number of nitrogens with zero attached hydrogens (tertiary/aromatic N) is 1. The van der Waals surface area contributed by atoms with Crippen molar-refractivity contribution in [3.63, 3.8) is 0 Å². The van der Waals surface area contributed by atoms with Gasteiger partial charge in [-0.1, -0.05) is 0 Å². The van der Waals surface area contributed by atoms with Crippen LogP contribution in [0.3, 0.4) is 0 Å². The molecule has 1 unspecified atom stereocenters. The number of hydrogen-bond donors (Lipinski definition) is 2. The second-order valence-corrected chi connectivity index (χ2v) is 7.12. The van der Waals surface area contributed by atoms with E-state index in [1.54, 1.807) is 6.92 Å². The molecule has 2 N–H and O–H groups in total. The Balaban J connectivity index is 1.91. The van der Waals surface area contributed by atoms with Gasteiger partial charge in [-0.3, -0.25) is 0 Å². The van der Waals surface area contributed by atoms with Crippen LogP contribution in [0.25, 0.3) is 0 Å². The Morgan fingerprint density at radius 3 is 2.76 bits per heavy atom. The molecule has 116 valence electrons. The third-order valence-corrected chi connectivity index (χ3v) is 5.01. The third kappa shape index (κ3) is 3.75. The molecule has 2 rings (SSSR count). The van der Waals surface area contributed by atoms with Crippen LogP contribution < -0.4 is 5.32 Å². The van der Waals surface area contributed by atoms with Crippen molar-refractivity contribution in [1.82, 2.24) is 10.2 Å². The van der Waals surface area contributed by atoms with Crippen LogP contribution in [0.4, 0.5) is 4.79 Å². The SMILES string of the molecule is CC1CS(=O)(=O)CCN1C(=O)NCc1ccc(C(=O)O)o1. The Morgan fingerprint density at radius 2 is 2.19 bits per heavy atom. The third-order valence-electron chi connectivity index (χ3n) is 3.22. The summed E-state index contributed by atoms with van der Waals surface area (Å²) < 4.78 is 27.9. The Hall–Kier alpha value is -2.03. The van der Waals surface area contributed by atoms with Crippen LogP contribution in [0.2, 0.25) is 0 Å². The van der Waals surface area contributed by atoms with E-state index in [-0.39, 0.29) is 30.4 Å². The zero-order valence-electron chi connectivity index (χ0n) is 11.4. The molecule has 21 heavy (non-hydrogen) atoms. The number of urea groups is 1. The van der Waals surface area contributed by atoms with Gasteiger partial charge in [0, 0.05) is 12.6 Å². The molecule has 8 nitrogen and oxygen atoms in total. The van der Waals surface area contributed by atoms with Crippen molar-refractivity contribution < 1.29 is 27.5 Å². The summed E-state index contributed by atoms with van der Waals surface area (Å²) in [5.41, 5.74) is 0. The predicted molar refractivity (Wildman–Crippen MR) is 72.7 cm³/mol. The lowest BCUT2D eigenvalue weighted by Crippen LogP contribution is -2.53. The number of carboxylic acids is 1. The van der Waals surface area contributed by atoms with Gasteiger partial charge in [-0.15, -0.1) is 0 Å². The van der Waals surface area contributed by atoms with Crippen LogP contribution in [-0.2, 0) is 16.4 Å². The molecule has 1 aliphatic heterocycles. The van der Waals surface area contributed by atoms with E-state index in [1.165, 1.54) is 17.0 Å². The highest BCUT2D eigenvalue weighted by Crippen LogP contribution is 2.12. The summed E-state index contributed by atoms with van der Waals surface area (Å²) >= 11 is 0. The van der Waals surface area contributed by atoms with Crippen LogP contribution in [0, 0.1) is 0 Å². The van der Waals surface area contributed by atoms with E-state index in [0.29, 0.717) is 5.76 Å². The summed E-state index contributed by atoms with van der Waals surface area (Å²) in [5, 5.41) is 11.3. The van der Waals surface area contributed by atoms with Gasteiger partial charge < -0.3 is 19.7 Å². The first-order chi connectivity index (χ1) is 9.78.